The number of nitrogens with one attached hydrogen (secondary N) is 1. The highest BCUT2D eigenvalue weighted by atomic mass is 35.5. The van der Waals surface area contributed by atoms with Gasteiger partial charge in [-0.2, -0.15) is 0 Å². The van der Waals surface area contributed by atoms with Crippen LogP contribution in [0.5, 0.6) is 0 Å². The Kier molecular flexibility index (Phi) is 5.47. The molecule has 0 saturated carbocycles. The average Bonchev–Trinajstić information content (AvgIpc) is 2.18. The summed E-state index contributed by atoms with van der Waals surface area (Å²) < 4.78 is 0. The van der Waals surface area contributed by atoms with Gasteiger partial charge in [0.1, 0.15) is 0 Å². The van der Waals surface area contributed by atoms with E-state index in [0.717, 1.165) is 10.8 Å². The first-order chi connectivity index (χ1) is 7.13. The van der Waals surface area contributed by atoms with Crippen molar-refractivity contribution in [2.45, 2.75) is 24.8 Å². The fourth-order valence-electron chi connectivity index (χ4n) is 1.18. The maximum Gasteiger partial charge on any atom is 0.0417 e. The second-order valence-corrected chi connectivity index (χ2v) is 5.32. The van der Waals surface area contributed by atoms with Crippen molar-refractivity contribution in [1.82, 2.24) is 5.43 Å². The van der Waals surface area contributed by atoms with Crippen molar-refractivity contribution < 1.29 is 0 Å². The maximum absolute atomic E-state index is 5.90. The molecule has 1 unspecified atom stereocenters. The molecule has 4 heteroatoms. The van der Waals surface area contributed by atoms with Gasteiger partial charge in [-0.3, -0.25) is 11.3 Å². The Hall–Kier alpha value is -0.220. The lowest BCUT2D eigenvalue weighted by atomic mass is 10.1. The van der Waals surface area contributed by atoms with E-state index in [1.807, 2.05) is 18.2 Å². The predicted molar refractivity (Wildman–Crippen MR) is 68.1 cm³/mol. The first-order valence-electron chi connectivity index (χ1n) is 4.98. The molecular weight excluding hydrogens is 228 g/mol. The third kappa shape index (κ3) is 4.43. The van der Waals surface area contributed by atoms with Crippen LogP contribution < -0.4 is 11.3 Å². The van der Waals surface area contributed by atoms with Gasteiger partial charge in [0.15, 0.2) is 0 Å². The molecule has 1 aromatic rings. The minimum atomic E-state index is 0.328. The first-order valence-corrected chi connectivity index (χ1v) is 6.34. The van der Waals surface area contributed by atoms with Crippen LogP contribution in [0.15, 0.2) is 29.2 Å². The third-order valence-corrected chi connectivity index (χ3v) is 3.59. The second kappa shape index (κ2) is 6.38. The Labute approximate surface area is 101 Å². The molecule has 1 atom stereocenters. The molecule has 0 radical (unpaired) electrons. The first kappa shape index (κ1) is 12.8. The van der Waals surface area contributed by atoms with E-state index in [2.05, 4.69) is 25.3 Å². The van der Waals surface area contributed by atoms with Crippen LogP contribution in [0.2, 0.25) is 5.02 Å². The number of thioether (sulfide) groups is 1. The van der Waals surface area contributed by atoms with Gasteiger partial charge >= 0.3 is 0 Å². The lowest BCUT2D eigenvalue weighted by Gasteiger charge is -2.19. The average molecular weight is 245 g/mol. The number of hydrazine groups is 1. The van der Waals surface area contributed by atoms with Gasteiger partial charge in [0.25, 0.3) is 0 Å². The Morgan fingerprint density at radius 1 is 1.47 bits per heavy atom. The summed E-state index contributed by atoms with van der Waals surface area (Å²) in [6.07, 6.45) is 0. The van der Waals surface area contributed by atoms with Gasteiger partial charge in [-0.1, -0.05) is 31.5 Å². The molecule has 1 rings (SSSR count). The Morgan fingerprint density at radius 2 is 2.20 bits per heavy atom. The molecule has 0 bridgehead atoms. The number of halogens is 1. The summed E-state index contributed by atoms with van der Waals surface area (Å²) in [6.45, 7) is 4.31. The van der Waals surface area contributed by atoms with E-state index in [1.54, 1.807) is 11.8 Å². The normalized spacial score (nSPS) is 13.1. The van der Waals surface area contributed by atoms with Crippen molar-refractivity contribution in [2.24, 2.45) is 11.8 Å². The molecule has 0 aliphatic rings. The van der Waals surface area contributed by atoms with Crippen molar-refractivity contribution in [2.75, 3.05) is 5.75 Å². The van der Waals surface area contributed by atoms with Gasteiger partial charge in [0.2, 0.25) is 0 Å². The third-order valence-electron chi connectivity index (χ3n) is 2.24. The quantitative estimate of drug-likeness (QED) is 0.475. The molecule has 3 N–H and O–H groups in total. The zero-order chi connectivity index (χ0) is 11.3. The van der Waals surface area contributed by atoms with Crippen LogP contribution in [0.3, 0.4) is 0 Å². The second-order valence-electron chi connectivity index (χ2n) is 3.79. The number of hydrogen-bond acceptors (Lipinski definition) is 3. The monoisotopic (exact) mass is 244 g/mol. The lowest BCUT2D eigenvalue weighted by molar-refractivity contribution is 0.443. The van der Waals surface area contributed by atoms with E-state index in [-0.39, 0.29) is 0 Å². The molecule has 0 aromatic heterocycles. The fraction of sp³-hybridized carbons (Fsp3) is 0.455. The van der Waals surface area contributed by atoms with E-state index in [1.165, 1.54) is 4.90 Å². The van der Waals surface area contributed by atoms with Crippen LogP contribution in [0, 0.1) is 5.92 Å². The summed E-state index contributed by atoms with van der Waals surface area (Å²) in [6, 6.07) is 8.20. The lowest BCUT2D eigenvalue weighted by Crippen LogP contribution is -2.40. The minimum absolute atomic E-state index is 0.328. The molecule has 84 valence electrons. The van der Waals surface area contributed by atoms with Gasteiger partial charge in [-0.25, -0.2) is 0 Å². The standard InChI is InChI=1S/C11H17ClN2S/c1-8(2)11(14-13)7-15-10-5-3-4-9(12)6-10/h3-6,8,11,14H,7,13H2,1-2H3. The Balaban J connectivity index is 2.49. The summed E-state index contributed by atoms with van der Waals surface area (Å²) >= 11 is 7.67. The summed E-state index contributed by atoms with van der Waals surface area (Å²) in [7, 11) is 0. The minimum Gasteiger partial charge on any atom is -0.271 e. The predicted octanol–water partition coefficient (Wildman–Crippen LogP) is 2.92. The van der Waals surface area contributed by atoms with Crippen molar-refractivity contribution in [1.29, 1.82) is 0 Å². The maximum atomic E-state index is 5.90. The molecule has 0 amide bonds. The zero-order valence-corrected chi connectivity index (χ0v) is 10.6. The van der Waals surface area contributed by atoms with Gasteiger partial charge in [-0.15, -0.1) is 11.8 Å². The molecular formula is C11H17ClN2S. The molecule has 0 aliphatic heterocycles. The Bertz CT molecular complexity index is 304. The van der Waals surface area contributed by atoms with E-state index >= 15 is 0 Å². The van der Waals surface area contributed by atoms with E-state index in [9.17, 15) is 0 Å². The highest BCUT2D eigenvalue weighted by Crippen LogP contribution is 2.23. The smallest absolute Gasteiger partial charge is 0.0417 e. The van der Waals surface area contributed by atoms with Gasteiger partial charge in [-0.05, 0) is 24.1 Å². The summed E-state index contributed by atoms with van der Waals surface area (Å²) in [5, 5.41) is 0.779. The highest BCUT2D eigenvalue weighted by Gasteiger charge is 2.11. The molecule has 0 heterocycles. The number of benzene rings is 1. The van der Waals surface area contributed by atoms with E-state index in [0.29, 0.717) is 12.0 Å². The number of rotatable bonds is 5. The van der Waals surface area contributed by atoms with Gasteiger partial charge < -0.3 is 0 Å². The van der Waals surface area contributed by atoms with E-state index < -0.39 is 0 Å². The molecule has 1 aromatic carbocycles. The van der Waals surface area contributed by atoms with Crippen molar-refractivity contribution in [3.8, 4) is 0 Å². The van der Waals surface area contributed by atoms with Crippen LogP contribution in [0.4, 0.5) is 0 Å². The highest BCUT2D eigenvalue weighted by molar-refractivity contribution is 7.99. The topological polar surface area (TPSA) is 38.0 Å². The van der Waals surface area contributed by atoms with Crippen molar-refractivity contribution in [3.05, 3.63) is 29.3 Å². The van der Waals surface area contributed by atoms with E-state index in [4.69, 9.17) is 17.4 Å². The van der Waals surface area contributed by atoms with Crippen molar-refractivity contribution >= 4 is 23.4 Å². The molecule has 2 nitrogen and oxygen atoms in total. The van der Waals surface area contributed by atoms with Crippen LogP contribution in [0.25, 0.3) is 0 Å². The van der Waals surface area contributed by atoms with Gasteiger partial charge in [0, 0.05) is 21.7 Å². The van der Waals surface area contributed by atoms with Crippen LogP contribution in [-0.4, -0.2) is 11.8 Å². The number of nitrogens with two attached hydrogens (primary N) is 1. The van der Waals surface area contributed by atoms with Gasteiger partial charge in [0.05, 0.1) is 0 Å². The Morgan fingerprint density at radius 3 is 2.73 bits per heavy atom. The molecule has 0 saturated heterocycles. The zero-order valence-electron chi connectivity index (χ0n) is 9.03. The molecule has 0 fully saturated rings. The van der Waals surface area contributed by atoms with Crippen LogP contribution in [0.1, 0.15) is 13.8 Å². The molecule has 0 aliphatic carbocycles. The fourth-order valence-corrected chi connectivity index (χ4v) is 2.67. The summed E-state index contributed by atoms with van der Waals surface area (Å²) in [5.41, 5.74) is 2.83. The number of hydrogen-bond donors (Lipinski definition) is 2. The van der Waals surface area contributed by atoms with Crippen LogP contribution in [-0.2, 0) is 0 Å². The molecule has 0 spiro atoms. The molecule has 15 heavy (non-hydrogen) atoms. The van der Waals surface area contributed by atoms with Crippen molar-refractivity contribution in [3.63, 3.8) is 0 Å². The summed E-state index contributed by atoms with van der Waals surface area (Å²) in [4.78, 5) is 1.18. The largest absolute Gasteiger partial charge is 0.271 e. The SMILES string of the molecule is CC(C)C(CSc1cccc(Cl)c1)NN. The summed E-state index contributed by atoms with van der Waals surface area (Å²) in [5.74, 6) is 6.96. The van der Waals surface area contributed by atoms with Crippen LogP contribution >= 0.6 is 23.4 Å².